The molecule has 3 heteroatoms. The van der Waals surface area contributed by atoms with Crippen molar-refractivity contribution in [3.63, 3.8) is 0 Å². The Morgan fingerprint density at radius 3 is 2.92 bits per heavy atom. The van der Waals surface area contributed by atoms with Gasteiger partial charge in [0, 0.05) is 12.4 Å². The molecular weight excluding hydrogens is 164 g/mol. The highest BCUT2D eigenvalue weighted by Gasteiger charge is 2.06. The first kappa shape index (κ1) is 7.69. The summed E-state index contributed by atoms with van der Waals surface area (Å²) in [5.41, 5.74) is 1.46. The average molecular weight is 172 g/mol. The molecule has 0 aliphatic carbocycles. The van der Waals surface area contributed by atoms with Crippen LogP contribution in [0.5, 0.6) is 5.75 Å². The molecule has 2 aromatic heterocycles. The van der Waals surface area contributed by atoms with E-state index < -0.39 is 0 Å². The molecule has 0 unspecified atom stereocenters. The maximum absolute atomic E-state index is 8.83. The number of aromatic nitrogens is 1. The summed E-state index contributed by atoms with van der Waals surface area (Å²) in [4.78, 5) is 0. The van der Waals surface area contributed by atoms with Crippen molar-refractivity contribution >= 4 is 5.52 Å². The fourth-order valence-corrected chi connectivity index (χ4v) is 1.39. The quantitative estimate of drug-likeness (QED) is 0.658. The van der Waals surface area contributed by atoms with Gasteiger partial charge in [-0.1, -0.05) is 0 Å². The SMILES string of the molecule is COc1cccn2ccc(C#N)c12. The van der Waals surface area contributed by atoms with Crippen LogP contribution in [0.2, 0.25) is 0 Å². The van der Waals surface area contributed by atoms with Crippen molar-refractivity contribution in [2.24, 2.45) is 0 Å². The summed E-state index contributed by atoms with van der Waals surface area (Å²) in [6.45, 7) is 0. The van der Waals surface area contributed by atoms with Crippen LogP contribution in [0.25, 0.3) is 5.52 Å². The van der Waals surface area contributed by atoms with E-state index in [-0.39, 0.29) is 0 Å². The zero-order valence-corrected chi connectivity index (χ0v) is 7.19. The minimum Gasteiger partial charge on any atom is -0.495 e. The normalized spacial score (nSPS) is 9.85. The summed E-state index contributed by atoms with van der Waals surface area (Å²) in [6, 6.07) is 7.62. The van der Waals surface area contributed by atoms with E-state index >= 15 is 0 Å². The van der Waals surface area contributed by atoms with Crippen molar-refractivity contribution in [3.05, 3.63) is 36.2 Å². The lowest BCUT2D eigenvalue weighted by Crippen LogP contribution is -1.89. The molecule has 0 aromatic carbocycles. The molecule has 0 N–H and O–H groups in total. The Labute approximate surface area is 75.8 Å². The molecule has 0 amide bonds. The Bertz CT molecular complexity index is 479. The third kappa shape index (κ3) is 1.04. The molecule has 0 radical (unpaired) electrons. The van der Waals surface area contributed by atoms with Crippen LogP contribution >= 0.6 is 0 Å². The van der Waals surface area contributed by atoms with Crippen molar-refractivity contribution in [2.45, 2.75) is 0 Å². The smallest absolute Gasteiger partial charge is 0.144 e. The minimum absolute atomic E-state index is 0.637. The van der Waals surface area contributed by atoms with Crippen LogP contribution in [0.3, 0.4) is 0 Å². The van der Waals surface area contributed by atoms with Crippen molar-refractivity contribution in [1.29, 1.82) is 5.26 Å². The molecule has 0 aliphatic rings. The molecule has 64 valence electrons. The van der Waals surface area contributed by atoms with Crippen LogP contribution in [-0.2, 0) is 0 Å². The zero-order chi connectivity index (χ0) is 9.26. The molecule has 3 nitrogen and oxygen atoms in total. The maximum Gasteiger partial charge on any atom is 0.144 e. The number of hydrogen-bond acceptors (Lipinski definition) is 2. The van der Waals surface area contributed by atoms with Gasteiger partial charge in [-0.3, -0.25) is 0 Å². The molecule has 0 atom stereocenters. The summed E-state index contributed by atoms with van der Waals surface area (Å²) < 4.78 is 7.03. The van der Waals surface area contributed by atoms with Gasteiger partial charge in [0.2, 0.25) is 0 Å². The lowest BCUT2D eigenvalue weighted by atomic mass is 10.2. The lowest BCUT2D eigenvalue weighted by Gasteiger charge is -2.02. The van der Waals surface area contributed by atoms with Gasteiger partial charge < -0.3 is 9.14 Å². The van der Waals surface area contributed by atoms with Crippen molar-refractivity contribution < 1.29 is 4.74 Å². The van der Waals surface area contributed by atoms with E-state index in [4.69, 9.17) is 10.00 Å². The average Bonchev–Trinajstić information content (AvgIpc) is 2.60. The van der Waals surface area contributed by atoms with E-state index in [9.17, 15) is 0 Å². The topological polar surface area (TPSA) is 37.4 Å². The van der Waals surface area contributed by atoms with E-state index in [2.05, 4.69) is 6.07 Å². The first-order chi connectivity index (χ1) is 6.36. The molecule has 2 aromatic rings. The van der Waals surface area contributed by atoms with Gasteiger partial charge in [0.15, 0.2) is 0 Å². The van der Waals surface area contributed by atoms with Gasteiger partial charge in [0.05, 0.1) is 12.7 Å². The van der Waals surface area contributed by atoms with E-state index in [1.807, 2.05) is 28.9 Å². The summed E-state index contributed by atoms with van der Waals surface area (Å²) >= 11 is 0. The number of pyridine rings is 1. The van der Waals surface area contributed by atoms with Gasteiger partial charge >= 0.3 is 0 Å². The number of methoxy groups -OCH3 is 1. The highest BCUT2D eigenvalue weighted by Crippen LogP contribution is 2.22. The van der Waals surface area contributed by atoms with Gasteiger partial charge in [0.25, 0.3) is 0 Å². The standard InChI is InChI=1S/C10H8N2O/c1-13-9-3-2-5-12-6-4-8(7-11)10(9)12/h2-6H,1H3. The third-order valence-corrected chi connectivity index (χ3v) is 1.98. The summed E-state index contributed by atoms with van der Waals surface area (Å²) in [7, 11) is 1.60. The Morgan fingerprint density at radius 1 is 1.38 bits per heavy atom. The van der Waals surface area contributed by atoms with Crippen molar-refractivity contribution in [1.82, 2.24) is 4.40 Å². The molecular formula is C10H8N2O. The number of rotatable bonds is 1. The predicted octanol–water partition coefficient (Wildman–Crippen LogP) is 1.82. The number of fused-ring (bicyclic) bond motifs is 1. The monoisotopic (exact) mass is 172 g/mol. The molecule has 0 saturated heterocycles. The predicted molar refractivity (Wildman–Crippen MR) is 48.7 cm³/mol. The summed E-state index contributed by atoms with van der Waals surface area (Å²) in [5.74, 6) is 0.726. The Hall–Kier alpha value is -1.95. The molecule has 0 bridgehead atoms. The number of ether oxygens (including phenoxy) is 1. The number of nitrogens with zero attached hydrogens (tertiary/aromatic N) is 2. The molecule has 0 spiro atoms. The molecule has 0 saturated carbocycles. The van der Waals surface area contributed by atoms with Crippen molar-refractivity contribution in [3.8, 4) is 11.8 Å². The fraction of sp³-hybridized carbons (Fsp3) is 0.100. The van der Waals surface area contributed by atoms with E-state index in [1.54, 1.807) is 13.2 Å². The third-order valence-electron chi connectivity index (χ3n) is 1.98. The van der Waals surface area contributed by atoms with Crippen molar-refractivity contribution in [2.75, 3.05) is 7.11 Å². The summed E-state index contributed by atoms with van der Waals surface area (Å²) in [5, 5.41) is 8.83. The maximum atomic E-state index is 8.83. The number of nitriles is 1. The van der Waals surface area contributed by atoms with Crippen LogP contribution in [-0.4, -0.2) is 11.5 Å². The Balaban J connectivity index is 2.85. The summed E-state index contributed by atoms with van der Waals surface area (Å²) in [6.07, 6.45) is 3.73. The largest absolute Gasteiger partial charge is 0.495 e. The van der Waals surface area contributed by atoms with Gasteiger partial charge in [-0.05, 0) is 18.2 Å². The van der Waals surface area contributed by atoms with Crippen LogP contribution in [0, 0.1) is 11.3 Å². The highest BCUT2D eigenvalue weighted by molar-refractivity contribution is 5.70. The van der Waals surface area contributed by atoms with Gasteiger partial charge in [0.1, 0.15) is 17.3 Å². The second-order valence-corrected chi connectivity index (χ2v) is 2.67. The molecule has 0 aliphatic heterocycles. The van der Waals surface area contributed by atoms with Crippen LogP contribution < -0.4 is 4.74 Å². The van der Waals surface area contributed by atoms with E-state index in [1.165, 1.54) is 0 Å². The van der Waals surface area contributed by atoms with Crippen LogP contribution in [0.4, 0.5) is 0 Å². The highest BCUT2D eigenvalue weighted by atomic mass is 16.5. The Morgan fingerprint density at radius 2 is 2.23 bits per heavy atom. The van der Waals surface area contributed by atoms with Crippen LogP contribution in [0.15, 0.2) is 30.6 Å². The molecule has 2 rings (SSSR count). The Kier molecular flexibility index (Phi) is 1.67. The second-order valence-electron chi connectivity index (χ2n) is 2.67. The first-order valence-corrected chi connectivity index (χ1v) is 3.90. The van der Waals surface area contributed by atoms with Gasteiger partial charge in [-0.25, -0.2) is 0 Å². The van der Waals surface area contributed by atoms with E-state index in [0.29, 0.717) is 5.56 Å². The molecule has 13 heavy (non-hydrogen) atoms. The number of hydrogen-bond donors (Lipinski definition) is 0. The van der Waals surface area contributed by atoms with E-state index in [0.717, 1.165) is 11.3 Å². The molecule has 2 heterocycles. The minimum atomic E-state index is 0.637. The van der Waals surface area contributed by atoms with Crippen LogP contribution in [0.1, 0.15) is 5.56 Å². The molecule has 0 fully saturated rings. The van der Waals surface area contributed by atoms with Gasteiger partial charge in [-0.15, -0.1) is 0 Å². The lowest BCUT2D eigenvalue weighted by molar-refractivity contribution is 0.418. The fourth-order valence-electron chi connectivity index (χ4n) is 1.39. The van der Waals surface area contributed by atoms with Gasteiger partial charge in [-0.2, -0.15) is 5.26 Å². The zero-order valence-electron chi connectivity index (χ0n) is 7.19. The first-order valence-electron chi connectivity index (χ1n) is 3.90. The second kappa shape index (κ2) is 2.83.